The Morgan fingerprint density at radius 2 is 1.85 bits per heavy atom. The van der Waals surface area contributed by atoms with Crippen molar-refractivity contribution in [3.05, 3.63) is 101 Å². The number of aromatic nitrogens is 2. The third-order valence-electron chi connectivity index (χ3n) is 7.72. The predicted molar refractivity (Wildman–Crippen MR) is 157 cm³/mol. The molecule has 2 aliphatic heterocycles. The lowest BCUT2D eigenvalue weighted by atomic mass is 9.82. The molecule has 0 aliphatic carbocycles. The highest BCUT2D eigenvalue weighted by atomic mass is 19.1. The fourth-order valence-electron chi connectivity index (χ4n) is 5.16. The van der Waals surface area contributed by atoms with Gasteiger partial charge in [-0.05, 0) is 50.2 Å². The largest absolute Gasteiger partial charge is 0.497 e. The second-order valence-corrected chi connectivity index (χ2v) is 11.1. The van der Waals surface area contributed by atoms with Crippen molar-refractivity contribution >= 4 is 23.3 Å². The van der Waals surface area contributed by atoms with E-state index < -0.39 is 0 Å². The number of carbonyl (C=O) groups excluding carboxylic acids is 1. The Bertz CT molecular complexity index is 1670. The summed E-state index contributed by atoms with van der Waals surface area (Å²) >= 11 is 0. The van der Waals surface area contributed by atoms with Crippen LogP contribution in [0.15, 0.2) is 77.9 Å². The molecule has 1 amide bonds. The smallest absolute Gasteiger partial charge is 0.253 e. The van der Waals surface area contributed by atoms with E-state index in [1.165, 1.54) is 6.07 Å². The SMILES string of the molecule is COc1cccc(Nc2ncc3c(n2)-c2ccc(C(=O)N4CC(C(C)(C)N)C4)cc2C(c2ccccc2F)=NC3)c1. The Labute approximate surface area is 238 Å². The van der Waals surface area contributed by atoms with Gasteiger partial charge in [-0.25, -0.2) is 14.4 Å². The second-order valence-electron chi connectivity index (χ2n) is 11.1. The third-order valence-corrected chi connectivity index (χ3v) is 7.72. The van der Waals surface area contributed by atoms with E-state index in [2.05, 4.69) is 10.3 Å². The first-order chi connectivity index (χ1) is 19.7. The molecule has 1 fully saturated rings. The van der Waals surface area contributed by atoms with Crippen LogP contribution in [0.4, 0.5) is 16.0 Å². The standard InChI is InChI=1S/C32H31FN6O2/c1-32(2,34)21-17-39(18-21)30(40)19-11-12-24-26(13-19)29(25-9-4-5-10-27(25)33)35-15-20-16-36-31(38-28(20)24)37-22-7-6-8-23(14-22)41-3/h4-14,16,21H,15,17-18,34H2,1-3H3,(H,36,37,38). The van der Waals surface area contributed by atoms with Crippen LogP contribution < -0.4 is 15.8 Å². The van der Waals surface area contributed by atoms with E-state index in [0.717, 1.165) is 16.8 Å². The number of rotatable bonds is 6. The van der Waals surface area contributed by atoms with E-state index in [1.54, 1.807) is 48.5 Å². The van der Waals surface area contributed by atoms with Crippen LogP contribution in [-0.2, 0) is 6.54 Å². The third kappa shape index (κ3) is 5.16. The molecular weight excluding hydrogens is 519 g/mol. The summed E-state index contributed by atoms with van der Waals surface area (Å²) in [6.45, 7) is 5.42. The number of aliphatic imine (C=N–C) groups is 1. The van der Waals surface area contributed by atoms with Gasteiger partial charge in [0.1, 0.15) is 11.6 Å². The van der Waals surface area contributed by atoms with Gasteiger partial charge in [-0.15, -0.1) is 0 Å². The fraction of sp³-hybridized carbons (Fsp3) is 0.250. The van der Waals surface area contributed by atoms with Crippen LogP contribution in [0.3, 0.4) is 0 Å². The van der Waals surface area contributed by atoms with Crippen LogP contribution >= 0.6 is 0 Å². The van der Waals surface area contributed by atoms with E-state index >= 15 is 4.39 Å². The summed E-state index contributed by atoms with van der Waals surface area (Å²) in [6, 6.07) is 19.5. The minimum absolute atomic E-state index is 0.0891. The molecule has 0 radical (unpaired) electrons. The van der Waals surface area contributed by atoms with Gasteiger partial charge < -0.3 is 20.7 Å². The van der Waals surface area contributed by atoms with Crippen molar-refractivity contribution < 1.29 is 13.9 Å². The molecule has 0 atom stereocenters. The second kappa shape index (κ2) is 10.4. The lowest BCUT2D eigenvalue weighted by Crippen LogP contribution is -2.60. The zero-order valence-corrected chi connectivity index (χ0v) is 23.2. The van der Waals surface area contributed by atoms with E-state index in [4.69, 9.17) is 20.4 Å². The van der Waals surface area contributed by atoms with Crippen LogP contribution in [0.25, 0.3) is 11.3 Å². The van der Waals surface area contributed by atoms with Crippen molar-refractivity contribution in [1.29, 1.82) is 0 Å². The number of anilines is 2. The van der Waals surface area contributed by atoms with Gasteiger partial charge in [0, 0.05) is 70.3 Å². The molecule has 8 nitrogen and oxygen atoms in total. The molecule has 3 aromatic carbocycles. The molecule has 0 saturated carbocycles. The van der Waals surface area contributed by atoms with Gasteiger partial charge in [0.15, 0.2) is 0 Å². The summed E-state index contributed by atoms with van der Waals surface area (Å²) in [6.07, 6.45) is 1.73. The summed E-state index contributed by atoms with van der Waals surface area (Å²) < 4.78 is 20.4. The summed E-state index contributed by atoms with van der Waals surface area (Å²) in [5.41, 5.74) is 10.9. The van der Waals surface area contributed by atoms with Gasteiger partial charge in [-0.1, -0.05) is 24.3 Å². The molecule has 0 bridgehead atoms. The Kier molecular flexibility index (Phi) is 6.75. The molecule has 0 spiro atoms. The predicted octanol–water partition coefficient (Wildman–Crippen LogP) is 5.20. The van der Waals surface area contributed by atoms with Crippen molar-refractivity contribution in [2.75, 3.05) is 25.5 Å². The average molecular weight is 551 g/mol. The summed E-state index contributed by atoms with van der Waals surface area (Å²) in [5.74, 6) is 0.866. The molecular formula is C32H31FN6O2. The molecule has 3 N–H and O–H groups in total. The maximum atomic E-state index is 15.1. The normalized spacial score (nSPS) is 14.8. The van der Waals surface area contributed by atoms with E-state index in [0.29, 0.717) is 52.9 Å². The Hall–Kier alpha value is -4.63. The fourth-order valence-corrected chi connectivity index (χ4v) is 5.16. The first-order valence-corrected chi connectivity index (χ1v) is 13.5. The molecule has 1 saturated heterocycles. The zero-order chi connectivity index (χ0) is 28.7. The van der Waals surface area contributed by atoms with Crippen molar-refractivity contribution in [2.45, 2.75) is 25.9 Å². The minimum atomic E-state index is -0.387. The number of carbonyl (C=O) groups is 1. The summed E-state index contributed by atoms with van der Waals surface area (Å²) in [7, 11) is 1.61. The van der Waals surface area contributed by atoms with Crippen LogP contribution in [-0.4, -0.2) is 52.2 Å². The number of fused-ring (bicyclic) bond motifs is 3. The summed E-state index contributed by atoms with van der Waals surface area (Å²) in [5, 5.41) is 3.24. The number of nitrogens with two attached hydrogens (primary N) is 1. The number of halogens is 1. The monoisotopic (exact) mass is 550 g/mol. The molecule has 208 valence electrons. The zero-order valence-electron chi connectivity index (χ0n) is 23.2. The van der Waals surface area contributed by atoms with E-state index in [9.17, 15) is 4.79 Å². The number of benzene rings is 3. The van der Waals surface area contributed by atoms with Gasteiger partial charge in [0.2, 0.25) is 5.95 Å². The molecule has 0 unspecified atom stereocenters. The molecule has 2 aliphatic rings. The summed E-state index contributed by atoms with van der Waals surface area (Å²) in [4.78, 5) is 29.4. The number of hydrogen-bond donors (Lipinski definition) is 2. The highest BCUT2D eigenvalue weighted by Crippen LogP contribution is 2.35. The maximum Gasteiger partial charge on any atom is 0.253 e. The van der Waals surface area contributed by atoms with Crippen LogP contribution in [0.1, 0.15) is 40.9 Å². The number of nitrogens with one attached hydrogen (secondary N) is 1. The first-order valence-electron chi connectivity index (χ1n) is 13.5. The Morgan fingerprint density at radius 3 is 2.61 bits per heavy atom. The number of nitrogens with zero attached hydrogens (tertiary/aromatic N) is 4. The molecule has 6 rings (SSSR count). The highest BCUT2D eigenvalue weighted by Gasteiger charge is 2.39. The Morgan fingerprint density at radius 1 is 1.05 bits per heavy atom. The number of hydrogen-bond acceptors (Lipinski definition) is 7. The van der Waals surface area contributed by atoms with Crippen molar-refractivity contribution in [3.63, 3.8) is 0 Å². The Balaban J connectivity index is 1.41. The molecule has 3 heterocycles. The number of likely N-dealkylation sites (tertiary alicyclic amines) is 1. The van der Waals surface area contributed by atoms with Gasteiger partial charge in [-0.2, -0.15) is 0 Å². The number of amides is 1. The minimum Gasteiger partial charge on any atom is -0.497 e. The first kappa shape index (κ1) is 26.6. The van der Waals surface area contributed by atoms with Gasteiger partial charge in [0.05, 0.1) is 25.1 Å². The van der Waals surface area contributed by atoms with Crippen molar-refractivity contribution in [1.82, 2.24) is 14.9 Å². The van der Waals surface area contributed by atoms with Gasteiger partial charge in [0.25, 0.3) is 5.91 Å². The van der Waals surface area contributed by atoms with Gasteiger partial charge in [-0.3, -0.25) is 9.79 Å². The molecule has 41 heavy (non-hydrogen) atoms. The van der Waals surface area contributed by atoms with Crippen molar-refractivity contribution in [2.24, 2.45) is 16.6 Å². The van der Waals surface area contributed by atoms with Crippen LogP contribution in [0, 0.1) is 11.7 Å². The lowest BCUT2D eigenvalue weighted by molar-refractivity contribution is 0.0357. The van der Waals surface area contributed by atoms with E-state index in [1.807, 2.05) is 44.2 Å². The molecule has 1 aromatic heterocycles. The van der Waals surface area contributed by atoms with Crippen LogP contribution in [0.2, 0.25) is 0 Å². The quantitative estimate of drug-likeness (QED) is 0.342. The van der Waals surface area contributed by atoms with E-state index in [-0.39, 0.29) is 29.7 Å². The van der Waals surface area contributed by atoms with Crippen LogP contribution in [0.5, 0.6) is 5.75 Å². The number of ether oxygens (including phenoxy) is 1. The number of methoxy groups -OCH3 is 1. The average Bonchev–Trinajstić information content (AvgIpc) is 3.08. The maximum absolute atomic E-state index is 15.1. The topological polar surface area (TPSA) is 106 Å². The lowest BCUT2D eigenvalue weighted by Gasteiger charge is -2.46. The van der Waals surface area contributed by atoms with Gasteiger partial charge >= 0.3 is 0 Å². The molecule has 9 heteroatoms. The molecule has 4 aromatic rings. The van der Waals surface area contributed by atoms with Crippen molar-refractivity contribution in [3.8, 4) is 17.0 Å². The highest BCUT2D eigenvalue weighted by molar-refractivity contribution is 6.17.